The summed E-state index contributed by atoms with van der Waals surface area (Å²) >= 11 is 0. The van der Waals surface area contributed by atoms with Crippen LogP contribution >= 0.6 is 0 Å². The van der Waals surface area contributed by atoms with Crippen LogP contribution in [0, 0.1) is 17.2 Å². The molecule has 1 aliphatic carbocycles. The molecule has 2 N–H and O–H groups in total. The Morgan fingerprint density at radius 3 is 2.96 bits per heavy atom. The van der Waals surface area contributed by atoms with Gasteiger partial charge in [0, 0.05) is 19.3 Å². The third-order valence-corrected chi connectivity index (χ3v) is 5.15. The quantitative estimate of drug-likeness (QED) is 0.894. The van der Waals surface area contributed by atoms with Gasteiger partial charge in [-0.05, 0) is 37.3 Å². The largest absolute Gasteiger partial charge is 0.481 e. The van der Waals surface area contributed by atoms with Crippen molar-refractivity contribution >= 4 is 12.0 Å². The van der Waals surface area contributed by atoms with Crippen molar-refractivity contribution in [1.29, 1.82) is 0 Å². The second kappa shape index (κ2) is 5.79. The molecule has 2 fully saturated rings. The van der Waals surface area contributed by atoms with Crippen LogP contribution in [0.25, 0.3) is 0 Å². The van der Waals surface area contributed by atoms with E-state index in [1.165, 1.54) is 12.3 Å². The fraction of sp³-hybridized carbons (Fsp3) is 0.562. The van der Waals surface area contributed by atoms with Crippen LogP contribution in [0.3, 0.4) is 0 Å². The predicted octanol–water partition coefficient (Wildman–Crippen LogP) is 2.18. The van der Waals surface area contributed by atoms with Crippen LogP contribution in [0.15, 0.2) is 18.5 Å². The van der Waals surface area contributed by atoms with Gasteiger partial charge in [-0.1, -0.05) is 6.42 Å². The zero-order chi connectivity index (χ0) is 16.6. The van der Waals surface area contributed by atoms with Crippen LogP contribution in [0.1, 0.15) is 37.8 Å². The van der Waals surface area contributed by atoms with Gasteiger partial charge in [-0.25, -0.2) is 9.18 Å². The maximum atomic E-state index is 13.2. The van der Waals surface area contributed by atoms with E-state index in [4.69, 9.17) is 0 Å². The average molecular weight is 321 g/mol. The minimum atomic E-state index is -0.808. The molecule has 0 bridgehead atoms. The number of aromatic nitrogens is 1. The van der Waals surface area contributed by atoms with Crippen LogP contribution in [-0.2, 0) is 4.79 Å². The third-order valence-electron chi connectivity index (χ3n) is 5.15. The standard InChI is InChI=1S/C16H20FN3O3/c1-10(11-5-13(17)7-18-6-11)19-15(23)20-8-12-3-2-4-16(12,9-20)14(21)22/h5-7,10,12H,2-4,8-9H2,1H3,(H,19,23)(H,21,22)/t10?,12-,16+/m0/s1. The number of carboxylic acid groups (broad SMARTS) is 1. The first-order valence-electron chi connectivity index (χ1n) is 7.81. The first-order chi connectivity index (χ1) is 10.9. The molecule has 0 radical (unpaired) electrons. The molecular formula is C16H20FN3O3. The second-order valence-corrected chi connectivity index (χ2v) is 6.54. The molecule has 0 spiro atoms. The summed E-state index contributed by atoms with van der Waals surface area (Å²) in [5, 5.41) is 12.4. The minimum absolute atomic E-state index is 0.0249. The van der Waals surface area contributed by atoms with E-state index in [0.29, 0.717) is 18.5 Å². The maximum Gasteiger partial charge on any atom is 0.317 e. The van der Waals surface area contributed by atoms with Crippen LogP contribution in [0.4, 0.5) is 9.18 Å². The zero-order valence-corrected chi connectivity index (χ0v) is 13.0. The smallest absolute Gasteiger partial charge is 0.317 e. The van der Waals surface area contributed by atoms with Gasteiger partial charge in [-0.15, -0.1) is 0 Å². The molecule has 1 aromatic heterocycles. The number of hydrogen-bond donors (Lipinski definition) is 2. The highest BCUT2D eigenvalue weighted by atomic mass is 19.1. The summed E-state index contributed by atoms with van der Waals surface area (Å²) in [6.07, 6.45) is 4.99. The van der Waals surface area contributed by atoms with Gasteiger partial charge in [-0.2, -0.15) is 0 Å². The Morgan fingerprint density at radius 2 is 2.30 bits per heavy atom. The first kappa shape index (κ1) is 15.7. The molecule has 1 saturated carbocycles. The van der Waals surface area contributed by atoms with Crippen molar-refractivity contribution in [3.63, 3.8) is 0 Å². The van der Waals surface area contributed by atoms with Gasteiger partial charge < -0.3 is 15.3 Å². The average Bonchev–Trinajstić information content (AvgIpc) is 3.05. The number of nitrogens with one attached hydrogen (secondary N) is 1. The van der Waals surface area contributed by atoms with Gasteiger partial charge in [0.1, 0.15) is 5.82 Å². The minimum Gasteiger partial charge on any atom is -0.481 e. The van der Waals surface area contributed by atoms with E-state index in [2.05, 4.69) is 10.3 Å². The van der Waals surface area contributed by atoms with E-state index in [-0.39, 0.29) is 18.5 Å². The topological polar surface area (TPSA) is 82.5 Å². The maximum absolute atomic E-state index is 13.2. The van der Waals surface area contributed by atoms with E-state index in [0.717, 1.165) is 19.0 Å². The van der Waals surface area contributed by atoms with Crippen molar-refractivity contribution in [2.24, 2.45) is 11.3 Å². The highest BCUT2D eigenvalue weighted by molar-refractivity contribution is 5.80. The molecule has 1 saturated heterocycles. The van der Waals surface area contributed by atoms with Crippen molar-refractivity contribution in [3.8, 4) is 0 Å². The lowest BCUT2D eigenvalue weighted by molar-refractivity contribution is -0.149. The van der Waals surface area contributed by atoms with Crippen LogP contribution in [-0.4, -0.2) is 40.1 Å². The normalized spacial score (nSPS) is 27.6. The van der Waals surface area contributed by atoms with Crippen LogP contribution < -0.4 is 5.32 Å². The summed E-state index contributed by atoms with van der Waals surface area (Å²) in [4.78, 5) is 29.4. The lowest BCUT2D eigenvalue weighted by Crippen LogP contribution is -2.42. The van der Waals surface area contributed by atoms with Crippen molar-refractivity contribution < 1.29 is 19.1 Å². The zero-order valence-electron chi connectivity index (χ0n) is 13.0. The van der Waals surface area contributed by atoms with Crippen LogP contribution in [0.2, 0.25) is 0 Å². The number of aliphatic carboxylic acids is 1. The monoisotopic (exact) mass is 321 g/mol. The number of carbonyl (C=O) groups is 2. The van der Waals surface area contributed by atoms with Gasteiger partial charge in [0.05, 0.1) is 17.7 Å². The first-order valence-corrected chi connectivity index (χ1v) is 7.81. The van der Waals surface area contributed by atoms with Crippen LogP contribution in [0.5, 0.6) is 0 Å². The molecule has 124 valence electrons. The molecule has 3 rings (SSSR count). The predicted molar refractivity (Wildman–Crippen MR) is 80.1 cm³/mol. The third kappa shape index (κ3) is 2.75. The fourth-order valence-corrected chi connectivity index (χ4v) is 3.82. The Kier molecular flexibility index (Phi) is 3.95. The van der Waals surface area contributed by atoms with Gasteiger partial charge in [0.2, 0.25) is 0 Å². The number of carboxylic acids is 1. The Hall–Kier alpha value is -2.18. The lowest BCUT2D eigenvalue weighted by atomic mass is 9.81. The van der Waals surface area contributed by atoms with E-state index in [1.54, 1.807) is 11.8 Å². The number of carbonyl (C=O) groups excluding carboxylic acids is 1. The summed E-state index contributed by atoms with van der Waals surface area (Å²) < 4.78 is 13.2. The Bertz CT molecular complexity index is 639. The number of fused-ring (bicyclic) bond motifs is 1. The Morgan fingerprint density at radius 1 is 1.52 bits per heavy atom. The molecule has 2 heterocycles. The molecule has 2 aliphatic rings. The highest BCUT2D eigenvalue weighted by Crippen LogP contribution is 2.48. The molecular weight excluding hydrogens is 301 g/mol. The molecule has 2 amide bonds. The van der Waals surface area contributed by atoms with Gasteiger partial charge in [0.25, 0.3) is 0 Å². The number of halogens is 1. The fourth-order valence-electron chi connectivity index (χ4n) is 3.82. The highest BCUT2D eigenvalue weighted by Gasteiger charge is 2.55. The number of amides is 2. The molecule has 23 heavy (non-hydrogen) atoms. The lowest BCUT2D eigenvalue weighted by Gasteiger charge is -2.24. The van der Waals surface area contributed by atoms with E-state index >= 15 is 0 Å². The molecule has 3 atom stereocenters. The molecule has 0 aromatic carbocycles. The number of pyridine rings is 1. The number of nitrogens with zero attached hydrogens (tertiary/aromatic N) is 2. The van der Waals surface area contributed by atoms with Gasteiger partial charge >= 0.3 is 12.0 Å². The molecule has 1 unspecified atom stereocenters. The van der Waals surface area contributed by atoms with Crippen molar-refractivity contribution in [2.45, 2.75) is 32.2 Å². The summed E-state index contributed by atoms with van der Waals surface area (Å²) in [5.74, 6) is -1.24. The number of urea groups is 1. The molecule has 1 aliphatic heterocycles. The van der Waals surface area contributed by atoms with Crippen molar-refractivity contribution in [1.82, 2.24) is 15.2 Å². The summed E-state index contributed by atoms with van der Waals surface area (Å²) in [5.41, 5.74) is -0.216. The summed E-state index contributed by atoms with van der Waals surface area (Å²) in [6, 6.07) is 0.624. The van der Waals surface area contributed by atoms with E-state index in [1.807, 2.05) is 0 Å². The van der Waals surface area contributed by atoms with Crippen molar-refractivity contribution in [2.75, 3.05) is 13.1 Å². The number of hydrogen-bond acceptors (Lipinski definition) is 3. The number of rotatable bonds is 3. The van der Waals surface area contributed by atoms with Crippen molar-refractivity contribution in [3.05, 3.63) is 29.8 Å². The SMILES string of the molecule is CC(NC(=O)N1C[C@@H]2CCC[C@@]2(C(=O)O)C1)c1cncc(F)c1. The van der Waals surface area contributed by atoms with E-state index < -0.39 is 23.2 Å². The second-order valence-electron chi connectivity index (χ2n) is 6.54. The van der Waals surface area contributed by atoms with Gasteiger partial charge in [0.15, 0.2) is 0 Å². The van der Waals surface area contributed by atoms with E-state index in [9.17, 15) is 19.1 Å². The summed E-state index contributed by atoms with van der Waals surface area (Å²) in [7, 11) is 0. The Balaban J connectivity index is 1.67. The molecule has 1 aromatic rings. The summed E-state index contributed by atoms with van der Waals surface area (Å²) in [6.45, 7) is 2.46. The molecule has 7 heteroatoms. The molecule has 6 nitrogen and oxygen atoms in total. The van der Waals surface area contributed by atoms with Gasteiger partial charge in [-0.3, -0.25) is 9.78 Å². The Labute approximate surface area is 133 Å². The number of likely N-dealkylation sites (tertiary alicyclic amines) is 1.